The highest BCUT2D eigenvalue weighted by atomic mass is 32.2. The van der Waals surface area contributed by atoms with E-state index in [-0.39, 0.29) is 11.5 Å². The van der Waals surface area contributed by atoms with E-state index >= 15 is 0 Å². The van der Waals surface area contributed by atoms with Gasteiger partial charge in [0.1, 0.15) is 5.75 Å². The Morgan fingerprint density at radius 3 is 2.19 bits per heavy atom. The van der Waals surface area contributed by atoms with Gasteiger partial charge in [0.05, 0.1) is 24.3 Å². The molecule has 11 heteroatoms. The normalized spacial score (nSPS) is 18.5. The third-order valence-electron chi connectivity index (χ3n) is 5.92. The van der Waals surface area contributed by atoms with Gasteiger partial charge in [-0.1, -0.05) is 6.92 Å². The molecule has 2 heterocycles. The number of sulfonamides is 1. The zero-order valence-corrected chi connectivity index (χ0v) is 19.8. The average molecular weight is 469 g/mol. The summed E-state index contributed by atoms with van der Waals surface area (Å²) in [6.07, 6.45) is 0. The standard InChI is InChI=1S/C21H32N4O6S/c1-4-22-8-14-25(15-9-22)32(28,29)17-6-7-19(30-3)18(16-17)23-10-12-24(13-11-23)20(26)21(27)31-5-2/h6-7,16H,4-5,8-15H2,1-3H3. The van der Waals surface area contributed by atoms with Crippen molar-refractivity contribution in [2.75, 3.05) is 77.5 Å². The van der Waals surface area contributed by atoms with Crippen molar-refractivity contribution in [3.63, 3.8) is 0 Å². The topological polar surface area (TPSA) is 99.7 Å². The number of ether oxygens (including phenoxy) is 2. The molecule has 1 aromatic rings. The first kappa shape index (κ1) is 24.3. The Morgan fingerprint density at radius 1 is 0.969 bits per heavy atom. The van der Waals surface area contributed by atoms with Crippen LogP contribution in [0.15, 0.2) is 23.1 Å². The molecule has 0 saturated carbocycles. The fraction of sp³-hybridized carbons (Fsp3) is 0.619. The van der Waals surface area contributed by atoms with Gasteiger partial charge >= 0.3 is 11.9 Å². The summed E-state index contributed by atoms with van der Waals surface area (Å²) in [7, 11) is -2.08. The van der Waals surface area contributed by atoms with E-state index in [1.165, 1.54) is 16.3 Å². The van der Waals surface area contributed by atoms with E-state index in [2.05, 4.69) is 11.8 Å². The second-order valence-corrected chi connectivity index (χ2v) is 9.61. The molecule has 32 heavy (non-hydrogen) atoms. The van der Waals surface area contributed by atoms with Gasteiger partial charge in [-0.3, -0.25) is 4.79 Å². The minimum atomic E-state index is -3.62. The van der Waals surface area contributed by atoms with Crippen molar-refractivity contribution in [2.24, 2.45) is 0 Å². The summed E-state index contributed by atoms with van der Waals surface area (Å²) < 4.78 is 38.3. The average Bonchev–Trinajstić information content (AvgIpc) is 2.83. The van der Waals surface area contributed by atoms with Crippen LogP contribution in [0.4, 0.5) is 5.69 Å². The van der Waals surface area contributed by atoms with E-state index in [0.717, 1.165) is 19.6 Å². The number of benzene rings is 1. The van der Waals surface area contributed by atoms with Gasteiger partial charge in [0, 0.05) is 52.4 Å². The maximum atomic E-state index is 13.2. The van der Waals surface area contributed by atoms with Crippen molar-refractivity contribution in [1.29, 1.82) is 0 Å². The Bertz CT molecular complexity index is 922. The van der Waals surface area contributed by atoms with Crippen LogP contribution >= 0.6 is 0 Å². The summed E-state index contributed by atoms with van der Waals surface area (Å²) in [6, 6.07) is 4.88. The molecule has 0 aliphatic carbocycles. The highest BCUT2D eigenvalue weighted by Gasteiger charge is 2.31. The summed E-state index contributed by atoms with van der Waals surface area (Å²) in [4.78, 5) is 29.8. The number of likely N-dealkylation sites (N-methyl/N-ethyl adjacent to an activating group) is 1. The lowest BCUT2D eigenvalue weighted by atomic mass is 10.2. The zero-order valence-electron chi connectivity index (χ0n) is 18.9. The van der Waals surface area contributed by atoms with Crippen molar-refractivity contribution >= 4 is 27.6 Å². The summed E-state index contributed by atoms with van der Waals surface area (Å²) >= 11 is 0. The van der Waals surface area contributed by atoms with Crippen LogP contribution in [0, 0.1) is 0 Å². The second kappa shape index (κ2) is 10.5. The first-order valence-corrected chi connectivity index (χ1v) is 12.4. The molecule has 2 aliphatic rings. The van der Waals surface area contributed by atoms with Crippen LogP contribution in [0.5, 0.6) is 5.75 Å². The van der Waals surface area contributed by atoms with E-state index in [9.17, 15) is 18.0 Å². The third kappa shape index (κ3) is 5.16. The first-order chi connectivity index (χ1) is 15.3. The fourth-order valence-corrected chi connectivity index (χ4v) is 5.43. The Labute approximate surface area is 189 Å². The molecule has 0 spiro atoms. The number of amides is 1. The number of piperazine rings is 2. The lowest BCUT2D eigenvalue weighted by Gasteiger charge is -2.36. The molecule has 0 unspecified atom stereocenters. The Hall–Kier alpha value is -2.37. The fourth-order valence-electron chi connectivity index (χ4n) is 3.98. The molecule has 0 aromatic heterocycles. The van der Waals surface area contributed by atoms with Crippen LogP contribution in [-0.2, 0) is 24.3 Å². The Balaban J connectivity index is 1.75. The predicted molar refractivity (Wildman–Crippen MR) is 119 cm³/mol. The predicted octanol–water partition coefficient (Wildman–Crippen LogP) is 0.233. The minimum Gasteiger partial charge on any atom is -0.495 e. The number of anilines is 1. The summed E-state index contributed by atoms with van der Waals surface area (Å²) in [5.41, 5.74) is 0.656. The molecular weight excluding hydrogens is 436 g/mol. The van der Waals surface area contributed by atoms with Crippen molar-refractivity contribution in [3.8, 4) is 5.75 Å². The van der Waals surface area contributed by atoms with Crippen molar-refractivity contribution in [3.05, 3.63) is 18.2 Å². The Kier molecular flexibility index (Phi) is 7.96. The number of hydrogen-bond donors (Lipinski definition) is 0. The minimum absolute atomic E-state index is 0.149. The quantitative estimate of drug-likeness (QED) is 0.432. The lowest BCUT2D eigenvalue weighted by Crippen LogP contribution is -2.51. The highest BCUT2D eigenvalue weighted by Crippen LogP contribution is 2.33. The van der Waals surface area contributed by atoms with Crippen LogP contribution in [0.25, 0.3) is 0 Å². The second-order valence-electron chi connectivity index (χ2n) is 7.67. The molecule has 10 nitrogen and oxygen atoms in total. The number of nitrogens with zero attached hydrogens (tertiary/aromatic N) is 4. The highest BCUT2D eigenvalue weighted by molar-refractivity contribution is 7.89. The van der Waals surface area contributed by atoms with E-state index in [4.69, 9.17) is 9.47 Å². The maximum absolute atomic E-state index is 13.2. The summed E-state index contributed by atoms with van der Waals surface area (Å²) in [5.74, 6) is -0.944. The van der Waals surface area contributed by atoms with Crippen LogP contribution < -0.4 is 9.64 Å². The molecule has 0 radical (unpaired) electrons. The van der Waals surface area contributed by atoms with Crippen LogP contribution in [0.2, 0.25) is 0 Å². The van der Waals surface area contributed by atoms with E-state index in [0.29, 0.717) is 50.7 Å². The molecule has 1 amide bonds. The van der Waals surface area contributed by atoms with Gasteiger partial charge in [-0.05, 0) is 31.7 Å². The molecule has 3 rings (SSSR count). The van der Waals surface area contributed by atoms with Gasteiger partial charge < -0.3 is 24.2 Å². The van der Waals surface area contributed by atoms with E-state index < -0.39 is 21.9 Å². The lowest BCUT2D eigenvalue weighted by molar-refractivity contribution is -0.160. The molecule has 0 bridgehead atoms. The first-order valence-electron chi connectivity index (χ1n) is 10.9. The van der Waals surface area contributed by atoms with Gasteiger partial charge in [0.2, 0.25) is 10.0 Å². The Morgan fingerprint density at radius 2 is 1.62 bits per heavy atom. The molecule has 1 aromatic carbocycles. The van der Waals surface area contributed by atoms with Gasteiger partial charge in [-0.2, -0.15) is 4.31 Å². The van der Waals surface area contributed by atoms with E-state index in [1.807, 2.05) is 4.90 Å². The van der Waals surface area contributed by atoms with Gasteiger partial charge in [0.25, 0.3) is 0 Å². The van der Waals surface area contributed by atoms with Gasteiger partial charge in [0.15, 0.2) is 0 Å². The monoisotopic (exact) mass is 468 g/mol. The molecule has 2 aliphatic heterocycles. The number of rotatable bonds is 6. The van der Waals surface area contributed by atoms with Gasteiger partial charge in [-0.15, -0.1) is 0 Å². The van der Waals surface area contributed by atoms with Crippen LogP contribution in [0.1, 0.15) is 13.8 Å². The number of methoxy groups -OCH3 is 1. The van der Waals surface area contributed by atoms with Crippen molar-refractivity contribution < 1.29 is 27.5 Å². The molecule has 2 saturated heterocycles. The summed E-state index contributed by atoms with van der Waals surface area (Å²) in [5, 5.41) is 0. The number of hydrogen-bond acceptors (Lipinski definition) is 8. The molecule has 178 valence electrons. The number of esters is 1. The maximum Gasteiger partial charge on any atom is 0.397 e. The smallest absolute Gasteiger partial charge is 0.397 e. The van der Waals surface area contributed by atoms with Crippen molar-refractivity contribution in [1.82, 2.24) is 14.1 Å². The molecular formula is C21H32N4O6S. The van der Waals surface area contributed by atoms with Crippen molar-refractivity contribution in [2.45, 2.75) is 18.7 Å². The SMILES string of the molecule is CCOC(=O)C(=O)N1CCN(c2cc(S(=O)(=O)N3CCN(CC)CC3)ccc2OC)CC1. The zero-order chi connectivity index (χ0) is 23.3. The largest absolute Gasteiger partial charge is 0.495 e. The van der Waals surface area contributed by atoms with Crippen LogP contribution in [-0.4, -0.2) is 107 Å². The van der Waals surface area contributed by atoms with Crippen LogP contribution in [0.3, 0.4) is 0 Å². The summed E-state index contributed by atoms with van der Waals surface area (Å²) in [6.45, 7) is 8.69. The number of carbonyl (C=O) groups excluding carboxylic acids is 2. The molecule has 0 N–H and O–H groups in total. The molecule has 0 atom stereocenters. The van der Waals surface area contributed by atoms with Gasteiger partial charge in [-0.25, -0.2) is 13.2 Å². The third-order valence-corrected chi connectivity index (χ3v) is 7.82. The molecule has 2 fully saturated rings. The van der Waals surface area contributed by atoms with E-state index in [1.54, 1.807) is 25.1 Å². The number of carbonyl (C=O) groups is 2.